The molecule has 0 spiro atoms. The standard InChI is InChI=1S/C17H19ClO2/c1-10-9-16(20-4)12(3)8-14(10)17(19)13-5-6-15(18)11(2)7-13/h5-9,17,19H,1-4H3. The number of rotatable bonds is 3. The molecule has 2 aromatic carbocycles. The highest BCUT2D eigenvalue weighted by Crippen LogP contribution is 2.31. The Morgan fingerprint density at radius 3 is 2.30 bits per heavy atom. The second-order valence-corrected chi connectivity index (χ2v) is 5.50. The summed E-state index contributed by atoms with van der Waals surface area (Å²) in [6.07, 6.45) is -0.657. The molecule has 0 fully saturated rings. The van der Waals surface area contributed by atoms with Gasteiger partial charge in [-0.05, 0) is 66.8 Å². The highest BCUT2D eigenvalue weighted by Gasteiger charge is 2.15. The summed E-state index contributed by atoms with van der Waals surface area (Å²) in [5.74, 6) is 0.839. The first kappa shape index (κ1) is 14.9. The van der Waals surface area contributed by atoms with Gasteiger partial charge in [-0.3, -0.25) is 0 Å². The number of methoxy groups -OCH3 is 1. The number of halogens is 1. The highest BCUT2D eigenvalue weighted by atomic mass is 35.5. The summed E-state index contributed by atoms with van der Waals surface area (Å²) < 4.78 is 5.30. The summed E-state index contributed by atoms with van der Waals surface area (Å²) in [6, 6.07) is 9.53. The van der Waals surface area contributed by atoms with Gasteiger partial charge in [-0.15, -0.1) is 0 Å². The van der Waals surface area contributed by atoms with Crippen LogP contribution in [0.1, 0.15) is 33.9 Å². The first-order valence-corrected chi connectivity index (χ1v) is 6.91. The van der Waals surface area contributed by atoms with Crippen LogP contribution >= 0.6 is 11.6 Å². The minimum absolute atomic E-state index is 0.657. The van der Waals surface area contributed by atoms with Crippen molar-refractivity contribution in [1.82, 2.24) is 0 Å². The molecule has 1 unspecified atom stereocenters. The molecule has 3 heteroatoms. The lowest BCUT2D eigenvalue weighted by atomic mass is 9.94. The molecule has 20 heavy (non-hydrogen) atoms. The molecule has 0 saturated heterocycles. The molecule has 2 aromatic rings. The van der Waals surface area contributed by atoms with Gasteiger partial charge in [0.2, 0.25) is 0 Å². The number of ether oxygens (including phenoxy) is 1. The van der Waals surface area contributed by atoms with Gasteiger partial charge in [0, 0.05) is 5.02 Å². The van der Waals surface area contributed by atoms with E-state index in [2.05, 4.69) is 0 Å². The van der Waals surface area contributed by atoms with Crippen molar-refractivity contribution in [1.29, 1.82) is 0 Å². The molecule has 0 aromatic heterocycles. The van der Waals surface area contributed by atoms with E-state index in [9.17, 15) is 5.11 Å². The molecular formula is C17H19ClO2. The van der Waals surface area contributed by atoms with Gasteiger partial charge in [0.05, 0.1) is 7.11 Å². The molecule has 2 nitrogen and oxygen atoms in total. The lowest BCUT2D eigenvalue weighted by molar-refractivity contribution is 0.219. The van der Waals surface area contributed by atoms with Crippen LogP contribution < -0.4 is 4.74 Å². The number of aryl methyl sites for hydroxylation is 3. The Morgan fingerprint density at radius 1 is 1.00 bits per heavy atom. The lowest BCUT2D eigenvalue weighted by Crippen LogP contribution is -2.04. The van der Waals surface area contributed by atoms with Crippen molar-refractivity contribution in [3.8, 4) is 5.75 Å². The van der Waals surface area contributed by atoms with E-state index in [0.717, 1.165) is 33.6 Å². The molecule has 2 rings (SSSR count). The van der Waals surface area contributed by atoms with Crippen molar-refractivity contribution in [2.75, 3.05) is 7.11 Å². The van der Waals surface area contributed by atoms with Gasteiger partial charge < -0.3 is 9.84 Å². The quantitative estimate of drug-likeness (QED) is 0.910. The second kappa shape index (κ2) is 5.86. The molecule has 0 amide bonds. The maximum absolute atomic E-state index is 10.6. The minimum atomic E-state index is -0.657. The zero-order chi connectivity index (χ0) is 14.9. The SMILES string of the molecule is COc1cc(C)c(C(O)c2ccc(Cl)c(C)c2)cc1C. The Bertz CT molecular complexity index is 635. The Morgan fingerprint density at radius 2 is 1.70 bits per heavy atom. The van der Waals surface area contributed by atoms with Crippen LogP contribution in [0.3, 0.4) is 0 Å². The third kappa shape index (κ3) is 2.82. The highest BCUT2D eigenvalue weighted by molar-refractivity contribution is 6.31. The van der Waals surface area contributed by atoms with Crippen LogP contribution in [0.15, 0.2) is 30.3 Å². The van der Waals surface area contributed by atoms with Crippen LogP contribution in [-0.4, -0.2) is 12.2 Å². The van der Waals surface area contributed by atoms with E-state index < -0.39 is 6.10 Å². The summed E-state index contributed by atoms with van der Waals surface area (Å²) in [5, 5.41) is 11.3. The molecule has 0 aliphatic heterocycles. The molecule has 0 radical (unpaired) electrons. The molecule has 0 aliphatic rings. The fourth-order valence-electron chi connectivity index (χ4n) is 2.34. The van der Waals surface area contributed by atoms with E-state index in [-0.39, 0.29) is 0 Å². The maximum atomic E-state index is 10.6. The Balaban J connectivity index is 2.45. The van der Waals surface area contributed by atoms with Gasteiger partial charge >= 0.3 is 0 Å². The van der Waals surface area contributed by atoms with Gasteiger partial charge in [-0.1, -0.05) is 23.7 Å². The number of benzene rings is 2. The average molecular weight is 291 g/mol. The fraction of sp³-hybridized carbons (Fsp3) is 0.294. The number of aliphatic hydroxyl groups is 1. The van der Waals surface area contributed by atoms with E-state index in [1.54, 1.807) is 7.11 Å². The molecule has 106 valence electrons. The molecule has 1 atom stereocenters. The van der Waals surface area contributed by atoms with Crippen LogP contribution in [-0.2, 0) is 0 Å². The summed E-state index contributed by atoms with van der Waals surface area (Å²) in [6.45, 7) is 5.88. The predicted molar refractivity (Wildman–Crippen MR) is 82.7 cm³/mol. The topological polar surface area (TPSA) is 29.5 Å². The van der Waals surface area contributed by atoms with E-state index >= 15 is 0 Å². The van der Waals surface area contributed by atoms with Crippen molar-refractivity contribution >= 4 is 11.6 Å². The molecule has 0 bridgehead atoms. The van der Waals surface area contributed by atoms with Crippen molar-refractivity contribution in [2.24, 2.45) is 0 Å². The second-order valence-electron chi connectivity index (χ2n) is 5.09. The molecular weight excluding hydrogens is 272 g/mol. The normalized spacial score (nSPS) is 12.3. The van der Waals surface area contributed by atoms with Crippen molar-refractivity contribution in [3.05, 3.63) is 63.2 Å². The number of hydrogen-bond acceptors (Lipinski definition) is 2. The van der Waals surface area contributed by atoms with Crippen LogP contribution in [0.5, 0.6) is 5.75 Å². The predicted octanol–water partition coefficient (Wildman–Crippen LogP) is 4.36. The summed E-state index contributed by atoms with van der Waals surface area (Å²) in [7, 11) is 1.65. The third-order valence-corrected chi connectivity index (χ3v) is 4.00. The first-order chi connectivity index (χ1) is 9.43. The minimum Gasteiger partial charge on any atom is -0.496 e. The Kier molecular flexibility index (Phi) is 4.36. The van der Waals surface area contributed by atoms with Crippen LogP contribution in [0.4, 0.5) is 0 Å². The summed E-state index contributed by atoms with van der Waals surface area (Å²) >= 11 is 6.03. The van der Waals surface area contributed by atoms with Crippen LogP contribution in [0.25, 0.3) is 0 Å². The Labute approximate surface area is 125 Å². The van der Waals surface area contributed by atoms with Crippen LogP contribution in [0, 0.1) is 20.8 Å². The van der Waals surface area contributed by atoms with E-state index in [4.69, 9.17) is 16.3 Å². The maximum Gasteiger partial charge on any atom is 0.122 e. The average Bonchev–Trinajstić information content (AvgIpc) is 2.43. The van der Waals surface area contributed by atoms with Gasteiger partial charge in [0.15, 0.2) is 0 Å². The molecule has 1 N–H and O–H groups in total. The van der Waals surface area contributed by atoms with E-state index in [1.165, 1.54) is 0 Å². The largest absolute Gasteiger partial charge is 0.496 e. The van der Waals surface area contributed by atoms with Crippen molar-refractivity contribution in [2.45, 2.75) is 26.9 Å². The molecule has 0 saturated carbocycles. The Hall–Kier alpha value is -1.51. The van der Waals surface area contributed by atoms with Gasteiger partial charge in [0.1, 0.15) is 11.9 Å². The van der Waals surface area contributed by atoms with E-state index in [1.807, 2.05) is 51.1 Å². The van der Waals surface area contributed by atoms with Gasteiger partial charge in [-0.2, -0.15) is 0 Å². The van der Waals surface area contributed by atoms with Crippen molar-refractivity contribution < 1.29 is 9.84 Å². The fourth-order valence-corrected chi connectivity index (χ4v) is 2.46. The molecule has 0 aliphatic carbocycles. The summed E-state index contributed by atoms with van der Waals surface area (Å²) in [5.41, 5.74) is 4.72. The number of aliphatic hydroxyl groups excluding tert-OH is 1. The zero-order valence-corrected chi connectivity index (χ0v) is 13.0. The van der Waals surface area contributed by atoms with Gasteiger partial charge in [-0.25, -0.2) is 0 Å². The third-order valence-electron chi connectivity index (χ3n) is 3.58. The first-order valence-electron chi connectivity index (χ1n) is 6.53. The lowest BCUT2D eigenvalue weighted by Gasteiger charge is -2.17. The van der Waals surface area contributed by atoms with Crippen LogP contribution in [0.2, 0.25) is 5.02 Å². The molecule has 0 heterocycles. The zero-order valence-electron chi connectivity index (χ0n) is 12.2. The van der Waals surface area contributed by atoms with Gasteiger partial charge in [0.25, 0.3) is 0 Å². The monoisotopic (exact) mass is 290 g/mol. The van der Waals surface area contributed by atoms with Crippen molar-refractivity contribution in [3.63, 3.8) is 0 Å². The number of hydrogen-bond donors (Lipinski definition) is 1. The van der Waals surface area contributed by atoms with E-state index in [0.29, 0.717) is 5.02 Å². The summed E-state index contributed by atoms with van der Waals surface area (Å²) in [4.78, 5) is 0. The smallest absolute Gasteiger partial charge is 0.122 e.